The van der Waals surface area contributed by atoms with E-state index in [-0.39, 0.29) is 23.6 Å². The third kappa shape index (κ3) is 5.84. The van der Waals surface area contributed by atoms with E-state index in [1.165, 1.54) is 29.7 Å². The molecule has 1 unspecified atom stereocenters. The van der Waals surface area contributed by atoms with E-state index in [4.69, 9.17) is 23.9 Å². The average molecular weight is 495 g/mol. The molecule has 0 saturated carbocycles. The minimum Gasteiger partial charge on any atom is -0.489 e. The molecular weight excluding hydrogens is 464 g/mol. The average Bonchev–Trinajstić information content (AvgIpc) is 3.56. The predicted octanol–water partition coefficient (Wildman–Crippen LogP) is 3.54. The first-order valence-corrected chi connectivity index (χ1v) is 11.7. The molecule has 0 bridgehead atoms. The summed E-state index contributed by atoms with van der Waals surface area (Å²) in [5.74, 6) is 1.02. The molecule has 4 rings (SSSR count). The molecule has 0 radical (unpaired) electrons. The number of nitrogens with zero attached hydrogens (tertiary/aromatic N) is 5. The van der Waals surface area contributed by atoms with Gasteiger partial charge in [0.15, 0.2) is 0 Å². The summed E-state index contributed by atoms with van der Waals surface area (Å²) in [7, 11) is 3.34. The summed E-state index contributed by atoms with van der Waals surface area (Å²) < 4.78 is 22.3. The molecule has 1 atom stereocenters. The molecule has 0 aromatic carbocycles. The number of anilines is 2. The van der Waals surface area contributed by atoms with Gasteiger partial charge in [0.05, 0.1) is 18.4 Å². The number of urea groups is 1. The number of hydrogen-bond donors (Lipinski definition) is 1. The number of carbonyl (C=O) groups excluding carboxylic acids is 1. The SMILES string of the molecule is COC1CCN(Cc2ccc(N(C)C(=O)Nc3cc(OC(C)C)c(C#N)cn3)nc2C2OC=CO2)C1. The van der Waals surface area contributed by atoms with Gasteiger partial charge in [-0.25, -0.2) is 14.8 Å². The molecule has 2 aromatic heterocycles. The highest BCUT2D eigenvalue weighted by molar-refractivity contribution is 6.00. The summed E-state index contributed by atoms with van der Waals surface area (Å²) in [4.78, 5) is 25.5. The largest absolute Gasteiger partial charge is 0.489 e. The van der Waals surface area contributed by atoms with Crippen LogP contribution in [0, 0.1) is 11.3 Å². The number of rotatable bonds is 8. The van der Waals surface area contributed by atoms with Crippen molar-refractivity contribution < 1.29 is 23.7 Å². The minimum absolute atomic E-state index is 0.137. The fraction of sp³-hybridized carbons (Fsp3) is 0.440. The Morgan fingerprint density at radius 3 is 2.81 bits per heavy atom. The van der Waals surface area contributed by atoms with Crippen molar-refractivity contribution in [2.75, 3.05) is 37.5 Å². The van der Waals surface area contributed by atoms with Gasteiger partial charge in [0.1, 0.15) is 47.2 Å². The molecule has 1 N–H and O–H groups in total. The highest BCUT2D eigenvalue weighted by atomic mass is 16.7. The second kappa shape index (κ2) is 11.2. The van der Waals surface area contributed by atoms with Crippen molar-refractivity contribution in [3.8, 4) is 11.8 Å². The Hall–Kier alpha value is -3.88. The fourth-order valence-electron chi connectivity index (χ4n) is 4.00. The van der Waals surface area contributed by atoms with Crippen LogP contribution in [0.15, 0.2) is 36.9 Å². The van der Waals surface area contributed by atoms with Crippen LogP contribution in [0.5, 0.6) is 5.75 Å². The topological polar surface area (TPSA) is 122 Å². The molecule has 1 saturated heterocycles. The first kappa shape index (κ1) is 25.2. The van der Waals surface area contributed by atoms with Crippen LogP contribution >= 0.6 is 0 Å². The number of amides is 2. The molecule has 36 heavy (non-hydrogen) atoms. The number of nitriles is 1. The summed E-state index contributed by atoms with van der Waals surface area (Å²) in [6.07, 6.45) is 4.69. The van der Waals surface area contributed by atoms with Crippen molar-refractivity contribution in [1.29, 1.82) is 5.26 Å². The first-order valence-electron chi connectivity index (χ1n) is 11.7. The number of carbonyl (C=O) groups is 1. The number of likely N-dealkylation sites (tertiary alicyclic amines) is 1. The normalized spacial score (nSPS) is 17.5. The van der Waals surface area contributed by atoms with Gasteiger partial charge >= 0.3 is 6.03 Å². The van der Waals surface area contributed by atoms with Crippen molar-refractivity contribution in [1.82, 2.24) is 14.9 Å². The second-order valence-electron chi connectivity index (χ2n) is 8.80. The third-order valence-corrected chi connectivity index (χ3v) is 5.87. The molecule has 0 aliphatic carbocycles. The van der Waals surface area contributed by atoms with E-state index in [2.05, 4.69) is 15.2 Å². The zero-order valence-corrected chi connectivity index (χ0v) is 20.8. The molecule has 11 nitrogen and oxygen atoms in total. The van der Waals surface area contributed by atoms with Crippen LogP contribution in [0.4, 0.5) is 16.4 Å². The monoisotopic (exact) mass is 494 g/mol. The van der Waals surface area contributed by atoms with Gasteiger partial charge in [-0.1, -0.05) is 6.07 Å². The van der Waals surface area contributed by atoms with E-state index < -0.39 is 12.3 Å². The van der Waals surface area contributed by atoms with Crippen molar-refractivity contribution in [2.24, 2.45) is 0 Å². The van der Waals surface area contributed by atoms with Gasteiger partial charge in [-0.05, 0) is 31.9 Å². The highest BCUT2D eigenvalue weighted by Gasteiger charge is 2.27. The van der Waals surface area contributed by atoms with Gasteiger partial charge in [-0.3, -0.25) is 15.1 Å². The number of aromatic nitrogens is 2. The lowest BCUT2D eigenvalue weighted by atomic mass is 10.1. The number of pyridine rings is 2. The standard InChI is InChI=1S/C25H30N6O5/c1-16(2)36-20-11-21(27-13-18(20)12-26)28-25(32)30(3)22-6-5-17(14-31-8-7-19(15-31)33-4)23(29-22)24-34-9-10-35-24/h5-6,9-11,13,16,19,24H,7-8,14-15H2,1-4H3,(H,27,28,32). The van der Waals surface area contributed by atoms with E-state index in [1.54, 1.807) is 20.2 Å². The molecule has 2 aliphatic heterocycles. The summed E-state index contributed by atoms with van der Waals surface area (Å²) in [5.41, 5.74) is 1.83. The maximum atomic E-state index is 13.0. The molecule has 2 amide bonds. The van der Waals surface area contributed by atoms with Gasteiger partial charge in [0, 0.05) is 39.9 Å². The van der Waals surface area contributed by atoms with Gasteiger partial charge in [-0.15, -0.1) is 0 Å². The Balaban J connectivity index is 1.51. The van der Waals surface area contributed by atoms with Gasteiger partial charge < -0.3 is 18.9 Å². The van der Waals surface area contributed by atoms with Crippen molar-refractivity contribution >= 4 is 17.7 Å². The Labute approximate surface area is 210 Å². The number of methoxy groups -OCH3 is 1. The Kier molecular flexibility index (Phi) is 7.87. The minimum atomic E-state index is -0.687. The Morgan fingerprint density at radius 1 is 1.36 bits per heavy atom. The van der Waals surface area contributed by atoms with E-state index >= 15 is 0 Å². The van der Waals surface area contributed by atoms with Crippen LogP contribution < -0.4 is 15.0 Å². The van der Waals surface area contributed by atoms with Crippen LogP contribution in [0.25, 0.3) is 0 Å². The van der Waals surface area contributed by atoms with Crippen molar-refractivity contribution in [2.45, 2.75) is 45.3 Å². The maximum Gasteiger partial charge on any atom is 0.328 e. The third-order valence-electron chi connectivity index (χ3n) is 5.87. The molecule has 1 fully saturated rings. The smallest absolute Gasteiger partial charge is 0.328 e. The van der Waals surface area contributed by atoms with Crippen LogP contribution in [0.1, 0.15) is 43.4 Å². The van der Waals surface area contributed by atoms with E-state index in [0.29, 0.717) is 23.8 Å². The Bertz CT molecular complexity index is 1160. The molecular formula is C25H30N6O5. The van der Waals surface area contributed by atoms with Gasteiger partial charge in [0.2, 0.25) is 0 Å². The van der Waals surface area contributed by atoms with E-state index in [9.17, 15) is 10.1 Å². The number of ether oxygens (including phenoxy) is 4. The van der Waals surface area contributed by atoms with E-state index in [0.717, 1.165) is 25.1 Å². The van der Waals surface area contributed by atoms with Crippen LogP contribution in [0.3, 0.4) is 0 Å². The van der Waals surface area contributed by atoms with Gasteiger partial charge in [0.25, 0.3) is 6.29 Å². The summed E-state index contributed by atoms with van der Waals surface area (Å²) >= 11 is 0. The molecule has 0 spiro atoms. The number of hydrogen-bond acceptors (Lipinski definition) is 9. The lowest BCUT2D eigenvalue weighted by Crippen LogP contribution is -2.32. The molecule has 2 aliphatic rings. The molecule has 4 heterocycles. The molecule has 2 aromatic rings. The zero-order valence-electron chi connectivity index (χ0n) is 20.8. The number of nitrogens with one attached hydrogen (secondary N) is 1. The second-order valence-corrected chi connectivity index (χ2v) is 8.80. The van der Waals surface area contributed by atoms with E-state index in [1.807, 2.05) is 26.0 Å². The fourth-order valence-corrected chi connectivity index (χ4v) is 4.00. The molecule has 190 valence electrons. The first-order chi connectivity index (χ1) is 17.4. The zero-order chi connectivity index (χ0) is 25.7. The molecule has 11 heteroatoms. The lowest BCUT2D eigenvalue weighted by Gasteiger charge is -2.23. The van der Waals surface area contributed by atoms with Crippen LogP contribution in [0.2, 0.25) is 0 Å². The van der Waals surface area contributed by atoms with Crippen LogP contribution in [-0.4, -0.2) is 60.4 Å². The predicted molar refractivity (Wildman–Crippen MR) is 131 cm³/mol. The quantitative estimate of drug-likeness (QED) is 0.587. The maximum absolute atomic E-state index is 13.0. The van der Waals surface area contributed by atoms with Crippen molar-refractivity contribution in [3.63, 3.8) is 0 Å². The summed E-state index contributed by atoms with van der Waals surface area (Å²) in [6, 6.07) is 6.83. The highest BCUT2D eigenvalue weighted by Crippen LogP contribution is 2.29. The summed E-state index contributed by atoms with van der Waals surface area (Å²) in [5, 5.41) is 12.0. The Morgan fingerprint density at radius 2 is 2.14 bits per heavy atom. The summed E-state index contributed by atoms with van der Waals surface area (Å²) in [6.45, 7) is 6.13. The van der Waals surface area contributed by atoms with Gasteiger partial charge in [-0.2, -0.15) is 5.26 Å². The lowest BCUT2D eigenvalue weighted by molar-refractivity contribution is -0.0289. The van der Waals surface area contributed by atoms with Crippen molar-refractivity contribution in [3.05, 3.63) is 53.7 Å². The van der Waals surface area contributed by atoms with Crippen LogP contribution in [-0.2, 0) is 20.8 Å².